The minimum absolute atomic E-state index is 0.00104. The van der Waals surface area contributed by atoms with Crippen molar-refractivity contribution in [3.63, 3.8) is 0 Å². The lowest BCUT2D eigenvalue weighted by Gasteiger charge is -2.24. The Kier molecular flexibility index (Phi) is 6.61. The highest BCUT2D eigenvalue weighted by molar-refractivity contribution is 6.03. The summed E-state index contributed by atoms with van der Waals surface area (Å²) in [4.78, 5) is 30.3. The van der Waals surface area contributed by atoms with Crippen LogP contribution >= 0.6 is 0 Å². The molecule has 13 heteroatoms. The fraction of sp³-hybridized carbons (Fsp3) is 0.308. The molecule has 0 fully saturated rings. The van der Waals surface area contributed by atoms with E-state index in [2.05, 4.69) is 25.8 Å². The molecule has 0 bridgehead atoms. The minimum Gasteiger partial charge on any atom is -0.465 e. The number of carbonyl (C=O) groups excluding carboxylic acids is 1. The average Bonchev–Trinajstić information content (AvgIpc) is 3.44. The molecule has 3 aromatic heterocycles. The van der Waals surface area contributed by atoms with Crippen molar-refractivity contribution < 1.29 is 19.1 Å². The number of hydrogen-bond acceptors (Lipinski definition) is 7. The van der Waals surface area contributed by atoms with Crippen molar-refractivity contribution >= 4 is 40.1 Å². The summed E-state index contributed by atoms with van der Waals surface area (Å²) in [5.41, 5.74) is 1.20. The van der Waals surface area contributed by atoms with Crippen molar-refractivity contribution in [2.24, 2.45) is 0 Å². The number of amides is 2. The maximum absolute atomic E-state index is 15.7. The summed E-state index contributed by atoms with van der Waals surface area (Å²) >= 11 is 0. The molecule has 1 aliphatic rings. The fourth-order valence-corrected chi connectivity index (χ4v) is 4.79. The number of carboxylic acid groups (broad SMARTS) is 1. The van der Waals surface area contributed by atoms with Gasteiger partial charge in [-0.15, -0.1) is 0 Å². The molecular weight excluding hydrogens is 505 g/mol. The Labute approximate surface area is 222 Å². The van der Waals surface area contributed by atoms with Crippen LogP contribution in [0.1, 0.15) is 32.2 Å². The summed E-state index contributed by atoms with van der Waals surface area (Å²) in [6.45, 7) is 6.89. The fourth-order valence-electron chi connectivity index (χ4n) is 4.79. The predicted octanol–water partition coefficient (Wildman–Crippen LogP) is 3.95. The highest BCUT2D eigenvalue weighted by Gasteiger charge is 2.24. The smallest absolute Gasteiger partial charge is 0.409 e. The van der Waals surface area contributed by atoms with Gasteiger partial charge < -0.3 is 15.3 Å². The van der Waals surface area contributed by atoms with Gasteiger partial charge in [-0.1, -0.05) is 0 Å². The van der Waals surface area contributed by atoms with Crippen LogP contribution in [-0.4, -0.2) is 59.1 Å². The van der Waals surface area contributed by atoms with Gasteiger partial charge in [0.1, 0.15) is 18.4 Å². The van der Waals surface area contributed by atoms with E-state index in [0.717, 1.165) is 5.69 Å². The Morgan fingerprint density at radius 3 is 2.72 bits per heavy atom. The maximum Gasteiger partial charge on any atom is 0.409 e. The van der Waals surface area contributed by atoms with Crippen LogP contribution in [0.2, 0.25) is 0 Å². The molecule has 0 saturated carbocycles. The van der Waals surface area contributed by atoms with Crippen LogP contribution in [0.15, 0.2) is 30.5 Å². The number of rotatable bonds is 6. The monoisotopic (exact) mass is 531 g/mol. The lowest BCUT2D eigenvalue weighted by atomic mass is 10.0. The number of nitrogens with one attached hydrogen (secondary N) is 2. The van der Waals surface area contributed by atoms with E-state index in [-0.39, 0.29) is 40.8 Å². The number of nitrogens with zero attached hydrogens (tertiary/aromatic N) is 7. The zero-order valence-electron chi connectivity index (χ0n) is 21.6. The standard InChI is InChI=1S/C26H26FN9O3/c1-4-35-20(9-16(11-28)32-35)18-7-15-8-21(29-12-19(15)25(24(18)27)31-26(38)39)30-22-10-17-5-6-34(14(2)3)23(37)13-36(17)33-22/h7-10,12,14,31H,4-6,13H2,1-3H3,(H,38,39)(H,29,30,33). The molecule has 4 heterocycles. The number of aromatic nitrogens is 5. The second kappa shape index (κ2) is 10.1. The third-order valence-corrected chi connectivity index (χ3v) is 6.62. The first kappa shape index (κ1) is 25.7. The van der Waals surface area contributed by atoms with Crippen LogP contribution < -0.4 is 10.6 Å². The van der Waals surface area contributed by atoms with Crippen molar-refractivity contribution in [1.82, 2.24) is 29.4 Å². The van der Waals surface area contributed by atoms with Gasteiger partial charge in [0.05, 0.1) is 11.4 Å². The Balaban J connectivity index is 1.53. The van der Waals surface area contributed by atoms with E-state index >= 15 is 4.39 Å². The molecule has 0 aliphatic carbocycles. The number of benzene rings is 1. The van der Waals surface area contributed by atoms with Gasteiger partial charge in [0, 0.05) is 60.5 Å². The molecule has 0 radical (unpaired) electrons. The molecule has 5 rings (SSSR count). The van der Waals surface area contributed by atoms with E-state index in [1.54, 1.807) is 23.7 Å². The highest BCUT2D eigenvalue weighted by atomic mass is 19.1. The van der Waals surface area contributed by atoms with Gasteiger partial charge in [-0.05, 0) is 38.3 Å². The topological polar surface area (TPSA) is 154 Å². The van der Waals surface area contributed by atoms with E-state index in [1.807, 2.05) is 30.9 Å². The molecular formula is C26H26FN9O3. The second-order valence-corrected chi connectivity index (χ2v) is 9.41. The van der Waals surface area contributed by atoms with Crippen LogP contribution in [0.3, 0.4) is 0 Å². The van der Waals surface area contributed by atoms with Gasteiger partial charge in [-0.25, -0.2) is 14.2 Å². The molecule has 0 unspecified atom stereocenters. The van der Waals surface area contributed by atoms with E-state index in [9.17, 15) is 20.0 Å². The number of pyridine rings is 1. The van der Waals surface area contributed by atoms with Crippen molar-refractivity contribution in [2.75, 3.05) is 17.2 Å². The Hall–Kier alpha value is -4.99. The number of carbonyl (C=O) groups is 2. The molecule has 12 nitrogen and oxygen atoms in total. The van der Waals surface area contributed by atoms with Crippen LogP contribution in [0, 0.1) is 17.1 Å². The minimum atomic E-state index is -1.43. The van der Waals surface area contributed by atoms with Crippen molar-refractivity contribution in [3.8, 4) is 17.3 Å². The maximum atomic E-state index is 15.7. The Morgan fingerprint density at radius 1 is 1.23 bits per heavy atom. The van der Waals surface area contributed by atoms with Gasteiger partial charge >= 0.3 is 6.09 Å². The zero-order chi connectivity index (χ0) is 27.8. The first-order valence-electron chi connectivity index (χ1n) is 12.4. The molecule has 200 valence electrons. The second-order valence-electron chi connectivity index (χ2n) is 9.41. The summed E-state index contributed by atoms with van der Waals surface area (Å²) in [6, 6.07) is 8.60. The molecule has 4 aromatic rings. The molecule has 39 heavy (non-hydrogen) atoms. The molecule has 1 aliphatic heterocycles. The highest BCUT2D eigenvalue weighted by Crippen LogP contribution is 2.36. The third kappa shape index (κ3) is 4.84. The molecule has 2 amide bonds. The first-order chi connectivity index (χ1) is 18.7. The summed E-state index contributed by atoms with van der Waals surface area (Å²) in [5.74, 6) is 0.0913. The van der Waals surface area contributed by atoms with E-state index in [4.69, 9.17) is 0 Å². The zero-order valence-corrected chi connectivity index (χ0v) is 21.6. The molecule has 0 atom stereocenters. The Bertz CT molecular complexity index is 1650. The summed E-state index contributed by atoms with van der Waals surface area (Å²) in [7, 11) is 0. The van der Waals surface area contributed by atoms with Crippen LogP contribution in [0.25, 0.3) is 22.0 Å². The molecule has 0 spiro atoms. The van der Waals surface area contributed by atoms with Crippen LogP contribution in [0.5, 0.6) is 0 Å². The molecule has 3 N–H and O–H groups in total. The van der Waals surface area contributed by atoms with E-state index < -0.39 is 11.9 Å². The van der Waals surface area contributed by atoms with Crippen molar-refractivity contribution in [3.05, 3.63) is 47.7 Å². The summed E-state index contributed by atoms with van der Waals surface area (Å²) in [6.07, 6.45) is 0.604. The van der Waals surface area contributed by atoms with Gasteiger partial charge in [0.25, 0.3) is 0 Å². The van der Waals surface area contributed by atoms with E-state index in [0.29, 0.717) is 42.2 Å². The lowest BCUT2D eigenvalue weighted by Crippen LogP contribution is -2.38. The van der Waals surface area contributed by atoms with Crippen molar-refractivity contribution in [2.45, 2.75) is 46.3 Å². The van der Waals surface area contributed by atoms with Gasteiger partial charge in [0.15, 0.2) is 17.3 Å². The van der Waals surface area contributed by atoms with Gasteiger partial charge in [-0.2, -0.15) is 15.5 Å². The SMILES string of the molecule is CCn1nc(C#N)cc1-c1cc2cc(Nc3cc4n(n3)CC(=O)N(C(C)C)CC4)ncc2c(NC(=O)O)c1F. The average molecular weight is 532 g/mol. The molecule has 1 aromatic carbocycles. The normalized spacial score (nSPS) is 13.3. The number of fused-ring (bicyclic) bond motifs is 2. The Morgan fingerprint density at radius 2 is 2.03 bits per heavy atom. The predicted molar refractivity (Wildman–Crippen MR) is 141 cm³/mol. The number of halogens is 1. The number of nitriles is 1. The van der Waals surface area contributed by atoms with Gasteiger partial charge in [0.2, 0.25) is 5.91 Å². The number of anilines is 3. The summed E-state index contributed by atoms with van der Waals surface area (Å²) in [5, 5.41) is 33.4. The number of aryl methyl sites for hydroxylation is 1. The summed E-state index contributed by atoms with van der Waals surface area (Å²) < 4.78 is 18.8. The number of hydrogen-bond donors (Lipinski definition) is 3. The third-order valence-electron chi connectivity index (χ3n) is 6.62. The van der Waals surface area contributed by atoms with Crippen molar-refractivity contribution in [1.29, 1.82) is 5.26 Å². The lowest BCUT2D eigenvalue weighted by molar-refractivity contribution is -0.133. The van der Waals surface area contributed by atoms with Crippen LogP contribution in [0.4, 0.5) is 26.5 Å². The van der Waals surface area contributed by atoms with Crippen LogP contribution in [-0.2, 0) is 24.3 Å². The quantitative estimate of drug-likeness (QED) is 0.338. The van der Waals surface area contributed by atoms with Gasteiger partial charge in [-0.3, -0.25) is 19.5 Å². The largest absolute Gasteiger partial charge is 0.465 e. The molecule has 0 saturated heterocycles. The van der Waals surface area contributed by atoms with E-state index in [1.165, 1.54) is 16.9 Å². The first-order valence-corrected chi connectivity index (χ1v) is 12.4.